The third-order valence-electron chi connectivity index (χ3n) is 2.05. The minimum absolute atomic E-state index is 0.257. The van der Waals surface area contributed by atoms with E-state index < -0.39 is 11.6 Å². The van der Waals surface area contributed by atoms with Crippen LogP contribution in [0.1, 0.15) is 31.3 Å². The fraction of sp³-hybridized carbons (Fsp3) is 0.333. The largest absolute Gasteiger partial charge is 0.455 e. The molecule has 2 heterocycles. The fourth-order valence-corrected chi connectivity index (χ4v) is 1.61. The van der Waals surface area contributed by atoms with Gasteiger partial charge in [-0.15, -0.1) is 0 Å². The molecule has 5 heteroatoms. The first-order chi connectivity index (χ1) is 7.87. The smallest absolute Gasteiger partial charge is 0.359 e. The van der Waals surface area contributed by atoms with Crippen LogP contribution in [0.2, 0.25) is 5.15 Å². The monoisotopic (exact) mass is 252 g/mol. The highest BCUT2D eigenvalue weighted by atomic mass is 35.5. The number of carbonyl (C=O) groups is 1. The van der Waals surface area contributed by atoms with Crippen LogP contribution in [0.4, 0.5) is 0 Å². The Kier molecular flexibility index (Phi) is 2.83. The predicted molar refractivity (Wildman–Crippen MR) is 65.4 cm³/mol. The lowest BCUT2D eigenvalue weighted by Crippen LogP contribution is -2.24. The molecule has 0 N–H and O–H groups in total. The molecule has 0 unspecified atom stereocenters. The Hall–Kier alpha value is -1.55. The van der Waals surface area contributed by atoms with Crippen molar-refractivity contribution in [3.63, 3.8) is 0 Å². The average Bonchev–Trinajstić information content (AvgIpc) is 2.60. The summed E-state index contributed by atoms with van der Waals surface area (Å²) >= 11 is 5.98. The summed E-state index contributed by atoms with van der Waals surface area (Å²) in [7, 11) is 0. The van der Waals surface area contributed by atoms with E-state index in [1.165, 1.54) is 0 Å². The molecule has 0 aromatic carbocycles. The predicted octanol–water partition coefficient (Wildman–Crippen LogP) is 2.94. The maximum absolute atomic E-state index is 11.8. The second-order valence-electron chi connectivity index (χ2n) is 4.70. The number of halogens is 1. The lowest BCUT2D eigenvalue weighted by molar-refractivity contribution is 0.00636. The number of hydrogen-bond donors (Lipinski definition) is 0. The summed E-state index contributed by atoms with van der Waals surface area (Å²) < 4.78 is 6.88. The molecule has 0 spiro atoms. The number of fused-ring (bicyclic) bond motifs is 1. The van der Waals surface area contributed by atoms with E-state index in [-0.39, 0.29) is 5.69 Å². The van der Waals surface area contributed by atoms with Crippen molar-refractivity contribution >= 4 is 23.2 Å². The Morgan fingerprint density at radius 3 is 2.71 bits per heavy atom. The average molecular weight is 253 g/mol. The van der Waals surface area contributed by atoms with Gasteiger partial charge in [0.1, 0.15) is 16.4 Å². The van der Waals surface area contributed by atoms with Crippen LogP contribution in [0.15, 0.2) is 24.4 Å². The maximum Gasteiger partial charge on any atom is 0.359 e. The van der Waals surface area contributed by atoms with E-state index in [0.717, 1.165) is 0 Å². The van der Waals surface area contributed by atoms with Gasteiger partial charge in [-0.25, -0.2) is 9.78 Å². The van der Waals surface area contributed by atoms with Crippen LogP contribution in [0.5, 0.6) is 0 Å². The molecule has 0 aliphatic rings. The molecule has 0 atom stereocenters. The van der Waals surface area contributed by atoms with Crippen molar-refractivity contribution in [3.8, 4) is 0 Å². The van der Waals surface area contributed by atoms with Gasteiger partial charge in [-0.3, -0.25) is 4.40 Å². The van der Waals surface area contributed by atoms with Gasteiger partial charge in [-0.1, -0.05) is 17.7 Å². The van der Waals surface area contributed by atoms with E-state index in [1.54, 1.807) is 28.8 Å². The van der Waals surface area contributed by atoms with Gasteiger partial charge in [0.15, 0.2) is 5.69 Å². The van der Waals surface area contributed by atoms with E-state index in [0.29, 0.717) is 10.8 Å². The van der Waals surface area contributed by atoms with Crippen molar-refractivity contribution in [2.24, 2.45) is 0 Å². The number of aromatic nitrogens is 2. The van der Waals surface area contributed by atoms with Gasteiger partial charge in [-0.2, -0.15) is 0 Å². The molecular weight excluding hydrogens is 240 g/mol. The van der Waals surface area contributed by atoms with E-state index >= 15 is 0 Å². The van der Waals surface area contributed by atoms with Crippen LogP contribution in [0, 0.1) is 0 Å². The molecule has 4 nitrogen and oxygen atoms in total. The summed E-state index contributed by atoms with van der Waals surface area (Å²) in [4.78, 5) is 16.0. The number of carbonyl (C=O) groups excluding carboxylic acids is 1. The lowest BCUT2D eigenvalue weighted by Gasteiger charge is -2.18. The van der Waals surface area contributed by atoms with E-state index in [4.69, 9.17) is 16.3 Å². The second kappa shape index (κ2) is 4.04. The number of esters is 1. The van der Waals surface area contributed by atoms with Gasteiger partial charge < -0.3 is 4.74 Å². The Bertz CT molecular complexity index is 569. The van der Waals surface area contributed by atoms with Crippen molar-refractivity contribution in [2.75, 3.05) is 0 Å². The number of rotatable bonds is 1. The first kappa shape index (κ1) is 11.9. The third kappa shape index (κ3) is 2.58. The topological polar surface area (TPSA) is 43.6 Å². The van der Waals surface area contributed by atoms with E-state index in [9.17, 15) is 4.79 Å². The van der Waals surface area contributed by atoms with Crippen molar-refractivity contribution in [2.45, 2.75) is 26.4 Å². The van der Waals surface area contributed by atoms with Gasteiger partial charge in [0.25, 0.3) is 0 Å². The molecule has 2 rings (SSSR count). The number of ether oxygens (including phenoxy) is 1. The maximum atomic E-state index is 11.8. The van der Waals surface area contributed by atoms with Crippen molar-refractivity contribution < 1.29 is 9.53 Å². The number of pyridine rings is 1. The van der Waals surface area contributed by atoms with Crippen molar-refractivity contribution in [1.82, 2.24) is 9.38 Å². The number of hydrogen-bond acceptors (Lipinski definition) is 3. The van der Waals surface area contributed by atoms with Crippen LogP contribution < -0.4 is 0 Å². The third-order valence-corrected chi connectivity index (χ3v) is 2.36. The molecule has 0 saturated carbocycles. The molecule has 0 saturated heterocycles. The Balaban J connectivity index is 2.37. The summed E-state index contributed by atoms with van der Waals surface area (Å²) in [5.41, 5.74) is 0.350. The number of nitrogens with zero attached hydrogens (tertiary/aromatic N) is 2. The molecular formula is C12H13ClN2O2. The first-order valence-electron chi connectivity index (χ1n) is 5.24. The highest BCUT2D eigenvalue weighted by molar-refractivity contribution is 6.29. The highest BCUT2D eigenvalue weighted by Crippen LogP contribution is 2.16. The normalized spacial score (nSPS) is 11.8. The quantitative estimate of drug-likeness (QED) is 0.579. The molecule has 0 aliphatic carbocycles. The van der Waals surface area contributed by atoms with Gasteiger partial charge in [0.2, 0.25) is 0 Å². The van der Waals surface area contributed by atoms with Gasteiger partial charge in [0, 0.05) is 6.20 Å². The number of imidazole rings is 1. The first-order valence-corrected chi connectivity index (χ1v) is 5.61. The van der Waals surface area contributed by atoms with Crippen molar-refractivity contribution in [3.05, 3.63) is 35.2 Å². The SMILES string of the molecule is CC(C)(C)OC(=O)c1cn2c(Cl)cccc2n1. The second-order valence-corrected chi connectivity index (χ2v) is 5.09. The Labute approximate surface area is 104 Å². The van der Waals surface area contributed by atoms with Gasteiger partial charge >= 0.3 is 5.97 Å². The molecule has 0 bridgehead atoms. The molecule has 17 heavy (non-hydrogen) atoms. The van der Waals surface area contributed by atoms with Crippen LogP contribution in [0.3, 0.4) is 0 Å². The summed E-state index contributed by atoms with van der Waals surface area (Å²) in [6.07, 6.45) is 1.58. The summed E-state index contributed by atoms with van der Waals surface area (Å²) in [5.74, 6) is -0.447. The zero-order valence-electron chi connectivity index (χ0n) is 9.90. The lowest BCUT2D eigenvalue weighted by atomic mass is 10.2. The minimum atomic E-state index is -0.531. The molecule has 0 fully saturated rings. The molecule has 0 radical (unpaired) electrons. The molecule has 2 aromatic heterocycles. The van der Waals surface area contributed by atoms with Crippen molar-refractivity contribution in [1.29, 1.82) is 0 Å². The highest BCUT2D eigenvalue weighted by Gasteiger charge is 2.20. The molecule has 2 aromatic rings. The van der Waals surface area contributed by atoms with Crippen LogP contribution in [-0.2, 0) is 4.74 Å². The fourth-order valence-electron chi connectivity index (χ4n) is 1.41. The van der Waals surface area contributed by atoms with Crippen LogP contribution >= 0.6 is 11.6 Å². The Morgan fingerprint density at radius 2 is 2.12 bits per heavy atom. The molecule has 90 valence electrons. The zero-order chi connectivity index (χ0) is 12.6. The van der Waals surface area contributed by atoms with Crippen LogP contribution in [0.25, 0.3) is 5.65 Å². The van der Waals surface area contributed by atoms with E-state index in [1.807, 2.05) is 20.8 Å². The zero-order valence-corrected chi connectivity index (χ0v) is 10.7. The van der Waals surface area contributed by atoms with Gasteiger partial charge in [0.05, 0.1) is 0 Å². The minimum Gasteiger partial charge on any atom is -0.455 e. The standard InChI is InChI=1S/C12H13ClN2O2/c1-12(2,3)17-11(16)8-7-15-9(13)5-4-6-10(15)14-8/h4-7H,1-3H3. The molecule has 0 amide bonds. The summed E-state index contributed by atoms with van der Waals surface area (Å²) in [6.45, 7) is 5.44. The van der Waals surface area contributed by atoms with Gasteiger partial charge in [-0.05, 0) is 32.9 Å². The van der Waals surface area contributed by atoms with Crippen LogP contribution in [-0.4, -0.2) is 21.0 Å². The summed E-state index contributed by atoms with van der Waals surface area (Å²) in [6, 6.07) is 5.29. The summed E-state index contributed by atoms with van der Waals surface area (Å²) in [5, 5.41) is 0.504. The molecule has 0 aliphatic heterocycles. The Morgan fingerprint density at radius 1 is 1.41 bits per heavy atom. The van der Waals surface area contributed by atoms with E-state index in [2.05, 4.69) is 4.98 Å².